The zero-order valence-electron chi connectivity index (χ0n) is 19.6. The summed E-state index contributed by atoms with van der Waals surface area (Å²) in [5, 5.41) is 9.28. The lowest BCUT2D eigenvalue weighted by atomic mass is 10.1. The molecule has 0 spiro atoms. The molecule has 2 heterocycles. The van der Waals surface area contributed by atoms with Crippen molar-refractivity contribution in [1.29, 1.82) is 0 Å². The minimum absolute atomic E-state index is 0.00410. The fraction of sp³-hybridized carbons (Fsp3) is 0.292. The van der Waals surface area contributed by atoms with Gasteiger partial charge in [0.15, 0.2) is 5.76 Å². The monoisotopic (exact) mass is 498 g/mol. The average Bonchev–Trinajstić information content (AvgIpc) is 3.47. The first-order chi connectivity index (χ1) is 16.7. The van der Waals surface area contributed by atoms with Crippen molar-refractivity contribution in [2.75, 3.05) is 24.3 Å². The molecule has 1 atom stereocenters. The Morgan fingerprint density at radius 3 is 2.26 bits per heavy atom. The summed E-state index contributed by atoms with van der Waals surface area (Å²) in [7, 11) is -2.37. The van der Waals surface area contributed by atoms with Crippen LogP contribution in [0, 0.1) is 13.8 Å². The van der Waals surface area contributed by atoms with Gasteiger partial charge in [0.2, 0.25) is 15.9 Å². The van der Waals surface area contributed by atoms with E-state index in [0.717, 1.165) is 0 Å². The molecule has 1 aromatic heterocycles. The number of rotatable bonds is 7. The van der Waals surface area contributed by atoms with Crippen LogP contribution in [-0.4, -0.2) is 49.4 Å². The Morgan fingerprint density at radius 2 is 1.66 bits per heavy atom. The summed E-state index contributed by atoms with van der Waals surface area (Å²) in [6.07, 6.45) is 0.960. The molecular weight excluding hydrogens is 472 g/mol. The van der Waals surface area contributed by atoms with Gasteiger partial charge in [-0.2, -0.15) is 4.31 Å². The van der Waals surface area contributed by atoms with Crippen LogP contribution < -0.4 is 15.4 Å². The number of nitrogens with zero attached hydrogens (tertiary/aromatic N) is 2. The number of carbonyl (C=O) groups is 2. The van der Waals surface area contributed by atoms with Gasteiger partial charge >= 0.3 is 0 Å². The van der Waals surface area contributed by atoms with E-state index in [1.54, 1.807) is 62.6 Å². The van der Waals surface area contributed by atoms with Crippen LogP contribution in [0.4, 0.5) is 11.4 Å². The molecule has 1 saturated heterocycles. The van der Waals surface area contributed by atoms with Crippen LogP contribution in [0.15, 0.2) is 57.9 Å². The lowest BCUT2D eigenvalue weighted by Crippen LogP contribution is -2.43. The second kappa shape index (κ2) is 9.88. The van der Waals surface area contributed by atoms with E-state index in [1.807, 2.05) is 0 Å². The Balaban J connectivity index is 1.42. The first-order valence-electron chi connectivity index (χ1n) is 11.0. The largest absolute Gasteiger partial charge is 0.497 e. The Hall–Kier alpha value is -3.70. The fourth-order valence-electron chi connectivity index (χ4n) is 4.06. The van der Waals surface area contributed by atoms with Crippen LogP contribution >= 0.6 is 0 Å². The maximum absolute atomic E-state index is 13.2. The Labute approximate surface area is 203 Å². The number of hydrogen-bond acceptors (Lipinski definition) is 7. The number of aromatic nitrogens is 1. The molecule has 2 N–H and O–H groups in total. The quantitative estimate of drug-likeness (QED) is 0.511. The van der Waals surface area contributed by atoms with Crippen molar-refractivity contribution < 1.29 is 27.3 Å². The fourth-order valence-corrected chi connectivity index (χ4v) is 6.01. The lowest BCUT2D eigenvalue weighted by molar-refractivity contribution is -0.119. The molecule has 184 valence electrons. The van der Waals surface area contributed by atoms with Crippen molar-refractivity contribution in [2.45, 2.75) is 37.6 Å². The van der Waals surface area contributed by atoms with Crippen LogP contribution in [0.2, 0.25) is 0 Å². The van der Waals surface area contributed by atoms with E-state index in [1.165, 1.54) is 11.2 Å². The molecule has 11 heteroatoms. The number of sulfonamides is 1. The van der Waals surface area contributed by atoms with E-state index < -0.39 is 22.0 Å². The number of hydrogen-bond donors (Lipinski definition) is 2. The van der Waals surface area contributed by atoms with Gasteiger partial charge in [-0.3, -0.25) is 9.59 Å². The highest BCUT2D eigenvalue weighted by Gasteiger charge is 2.41. The summed E-state index contributed by atoms with van der Waals surface area (Å²) in [4.78, 5) is 25.5. The van der Waals surface area contributed by atoms with E-state index >= 15 is 0 Å². The summed E-state index contributed by atoms with van der Waals surface area (Å²) in [5.74, 6) is 0.134. The molecule has 0 radical (unpaired) electrons. The molecule has 1 aliphatic rings. The van der Waals surface area contributed by atoms with Gasteiger partial charge in [0.25, 0.3) is 5.91 Å². The van der Waals surface area contributed by atoms with Gasteiger partial charge in [0, 0.05) is 23.5 Å². The van der Waals surface area contributed by atoms with Crippen molar-refractivity contribution in [3.63, 3.8) is 0 Å². The number of amides is 2. The van der Waals surface area contributed by atoms with Crippen molar-refractivity contribution in [3.8, 4) is 5.75 Å². The first-order valence-corrected chi connectivity index (χ1v) is 12.5. The minimum Gasteiger partial charge on any atom is -0.497 e. The van der Waals surface area contributed by atoms with Crippen molar-refractivity contribution in [3.05, 3.63) is 65.5 Å². The van der Waals surface area contributed by atoms with Crippen LogP contribution in [0.3, 0.4) is 0 Å². The van der Waals surface area contributed by atoms with Gasteiger partial charge in [-0.05, 0) is 75.2 Å². The molecule has 35 heavy (non-hydrogen) atoms. The highest BCUT2D eigenvalue weighted by atomic mass is 32.2. The number of benzene rings is 2. The summed E-state index contributed by atoms with van der Waals surface area (Å²) < 4.78 is 37.7. The van der Waals surface area contributed by atoms with E-state index in [4.69, 9.17) is 9.26 Å². The normalized spacial score (nSPS) is 16.1. The SMILES string of the molecule is COc1ccc(NC(=O)c2ccc(NC(=O)C3CCCN3S(=O)(=O)c3c(C)noc3C)cc2)cc1. The number of aryl methyl sites for hydroxylation is 2. The lowest BCUT2D eigenvalue weighted by Gasteiger charge is -2.23. The van der Waals surface area contributed by atoms with Gasteiger partial charge in [0.05, 0.1) is 7.11 Å². The number of nitrogens with one attached hydrogen (secondary N) is 2. The molecule has 1 fully saturated rings. The van der Waals surface area contributed by atoms with Gasteiger partial charge in [0.1, 0.15) is 22.4 Å². The van der Waals surface area contributed by atoms with E-state index in [2.05, 4.69) is 15.8 Å². The molecule has 2 amide bonds. The second-order valence-corrected chi connectivity index (χ2v) is 10.0. The third-order valence-corrected chi connectivity index (χ3v) is 7.96. The van der Waals surface area contributed by atoms with Crippen molar-refractivity contribution in [2.24, 2.45) is 0 Å². The number of ether oxygens (including phenoxy) is 1. The second-order valence-electron chi connectivity index (χ2n) is 8.18. The van der Waals surface area contributed by atoms with Gasteiger partial charge in [-0.25, -0.2) is 8.42 Å². The molecule has 10 nitrogen and oxygen atoms in total. The zero-order chi connectivity index (χ0) is 25.2. The molecular formula is C24H26N4O6S. The van der Waals surface area contributed by atoms with Gasteiger partial charge in [-0.15, -0.1) is 0 Å². The highest BCUT2D eigenvalue weighted by Crippen LogP contribution is 2.30. The van der Waals surface area contributed by atoms with E-state index in [-0.39, 0.29) is 28.8 Å². The summed E-state index contributed by atoms with van der Waals surface area (Å²) >= 11 is 0. The minimum atomic E-state index is -3.94. The maximum atomic E-state index is 13.2. The Bertz CT molecular complexity index is 1310. The molecule has 0 aliphatic carbocycles. The highest BCUT2D eigenvalue weighted by molar-refractivity contribution is 7.89. The van der Waals surface area contributed by atoms with Gasteiger partial charge < -0.3 is 19.9 Å². The molecule has 4 rings (SSSR count). The number of anilines is 2. The maximum Gasteiger partial charge on any atom is 0.255 e. The molecule has 1 aliphatic heterocycles. The molecule has 0 bridgehead atoms. The van der Waals surface area contributed by atoms with E-state index in [9.17, 15) is 18.0 Å². The van der Waals surface area contributed by atoms with Gasteiger partial charge in [-0.1, -0.05) is 5.16 Å². The van der Waals surface area contributed by atoms with Crippen LogP contribution in [-0.2, 0) is 14.8 Å². The van der Waals surface area contributed by atoms with Crippen molar-refractivity contribution in [1.82, 2.24) is 9.46 Å². The molecule has 2 aromatic carbocycles. The predicted molar refractivity (Wildman–Crippen MR) is 129 cm³/mol. The first kappa shape index (κ1) is 24.4. The summed E-state index contributed by atoms with van der Waals surface area (Å²) in [6.45, 7) is 3.32. The third kappa shape index (κ3) is 5.05. The van der Waals surface area contributed by atoms with Crippen LogP contribution in [0.5, 0.6) is 5.75 Å². The zero-order valence-corrected chi connectivity index (χ0v) is 20.4. The van der Waals surface area contributed by atoms with E-state index in [0.29, 0.717) is 35.5 Å². The predicted octanol–water partition coefficient (Wildman–Crippen LogP) is 3.34. The third-order valence-electron chi connectivity index (χ3n) is 5.80. The topological polar surface area (TPSA) is 131 Å². The number of methoxy groups -OCH3 is 1. The Kier molecular flexibility index (Phi) is 6.90. The average molecular weight is 499 g/mol. The number of carbonyl (C=O) groups excluding carboxylic acids is 2. The summed E-state index contributed by atoms with van der Waals surface area (Å²) in [6, 6.07) is 12.5. The molecule has 1 unspecified atom stereocenters. The van der Waals surface area contributed by atoms with Crippen LogP contribution in [0.1, 0.15) is 34.7 Å². The Morgan fingerprint density at radius 1 is 1.03 bits per heavy atom. The van der Waals surface area contributed by atoms with Crippen molar-refractivity contribution >= 4 is 33.2 Å². The smallest absolute Gasteiger partial charge is 0.255 e. The summed E-state index contributed by atoms with van der Waals surface area (Å²) in [5.41, 5.74) is 1.74. The molecule has 0 saturated carbocycles. The molecule has 3 aromatic rings. The van der Waals surface area contributed by atoms with Crippen LogP contribution in [0.25, 0.3) is 0 Å². The standard InChI is InChI=1S/C24H26N4O6S/c1-15-22(16(2)34-27-15)35(31,32)28-14-4-5-21(28)24(30)26-18-8-6-17(7-9-18)23(29)25-19-10-12-20(33-3)13-11-19/h6-13,21H,4-5,14H2,1-3H3,(H,25,29)(H,26,30).